The number of rotatable bonds is 1. The van der Waals surface area contributed by atoms with Gasteiger partial charge in [0.05, 0.1) is 12.2 Å². The van der Waals surface area contributed by atoms with E-state index in [1.807, 2.05) is 6.92 Å². The highest BCUT2D eigenvalue weighted by Crippen LogP contribution is 2.28. The lowest BCUT2D eigenvalue weighted by Crippen LogP contribution is -2.41. The molecule has 3 heteroatoms. The smallest absolute Gasteiger partial charge is 0.0849 e. The van der Waals surface area contributed by atoms with Crippen LogP contribution >= 0.6 is 0 Å². The van der Waals surface area contributed by atoms with E-state index in [4.69, 9.17) is 5.11 Å². The summed E-state index contributed by atoms with van der Waals surface area (Å²) in [6.07, 6.45) is 0.0962. The third kappa shape index (κ3) is 1.92. The van der Waals surface area contributed by atoms with Crippen LogP contribution < -0.4 is 0 Å². The molecular weight excluding hydrogens is 144 g/mol. The van der Waals surface area contributed by atoms with Gasteiger partial charge in [-0.25, -0.2) is 0 Å². The van der Waals surface area contributed by atoms with E-state index in [1.54, 1.807) is 0 Å². The standard InChI is InChI=1S/C8H16O3/c1-5-2-6(4-9)8(11)7(10)3-5/h5-11H,2-4H2,1H3. The fraction of sp³-hybridized carbons (Fsp3) is 1.00. The summed E-state index contributed by atoms with van der Waals surface area (Å²) in [5.41, 5.74) is 0. The van der Waals surface area contributed by atoms with Crippen LogP contribution in [0.2, 0.25) is 0 Å². The van der Waals surface area contributed by atoms with E-state index in [9.17, 15) is 10.2 Å². The van der Waals surface area contributed by atoms with Gasteiger partial charge >= 0.3 is 0 Å². The van der Waals surface area contributed by atoms with Gasteiger partial charge in [0.2, 0.25) is 0 Å². The Kier molecular flexibility index (Phi) is 2.87. The molecule has 0 bridgehead atoms. The van der Waals surface area contributed by atoms with Crippen molar-refractivity contribution >= 4 is 0 Å². The highest BCUT2D eigenvalue weighted by atomic mass is 16.3. The molecule has 66 valence electrons. The highest BCUT2D eigenvalue weighted by molar-refractivity contribution is 4.83. The fourth-order valence-corrected chi connectivity index (χ4v) is 1.80. The first-order valence-electron chi connectivity index (χ1n) is 4.12. The maximum Gasteiger partial charge on any atom is 0.0849 e. The lowest BCUT2D eigenvalue weighted by molar-refractivity contribution is -0.0724. The SMILES string of the molecule is CC1CC(O)C(O)C(CO)C1. The van der Waals surface area contributed by atoms with Crippen LogP contribution in [0.25, 0.3) is 0 Å². The molecular formula is C8H16O3. The van der Waals surface area contributed by atoms with Crippen molar-refractivity contribution in [3.8, 4) is 0 Å². The Bertz CT molecular complexity index is 127. The van der Waals surface area contributed by atoms with E-state index in [1.165, 1.54) is 0 Å². The van der Waals surface area contributed by atoms with Crippen molar-refractivity contribution in [2.75, 3.05) is 6.61 Å². The molecule has 3 nitrogen and oxygen atoms in total. The number of hydrogen-bond acceptors (Lipinski definition) is 3. The van der Waals surface area contributed by atoms with Gasteiger partial charge in [-0.05, 0) is 18.8 Å². The molecule has 0 saturated heterocycles. The zero-order valence-electron chi connectivity index (χ0n) is 6.77. The maximum absolute atomic E-state index is 9.35. The Morgan fingerprint density at radius 1 is 1.27 bits per heavy atom. The van der Waals surface area contributed by atoms with Crippen LogP contribution in [0.15, 0.2) is 0 Å². The first-order chi connectivity index (χ1) is 5.15. The second-order valence-electron chi connectivity index (χ2n) is 3.58. The van der Waals surface area contributed by atoms with Crippen LogP contribution in [0, 0.1) is 11.8 Å². The highest BCUT2D eigenvalue weighted by Gasteiger charge is 2.33. The number of hydrogen-bond donors (Lipinski definition) is 3. The summed E-state index contributed by atoms with van der Waals surface area (Å²) in [7, 11) is 0. The van der Waals surface area contributed by atoms with Crippen molar-refractivity contribution in [2.24, 2.45) is 11.8 Å². The van der Waals surface area contributed by atoms with Crippen molar-refractivity contribution in [3.05, 3.63) is 0 Å². The second-order valence-corrected chi connectivity index (χ2v) is 3.58. The number of aliphatic hydroxyl groups is 3. The minimum atomic E-state index is -0.726. The first kappa shape index (κ1) is 8.97. The van der Waals surface area contributed by atoms with Gasteiger partial charge in [0.15, 0.2) is 0 Å². The first-order valence-corrected chi connectivity index (χ1v) is 4.12. The fourth-order valence-electron chi connectivity index (χ4n) is 1.80. The molecule has 0 aliphatic heterocycles. The van der Waals surface area contributed by atoms with E-state index < -0.39 is 12.2 Å². The predicted octanol–water partition coefficient (Wildman–Crippen LogP) is -0.253. The normalized spacial score (nSPS) is 45.8. The molecule has 1 fully saturated rings. The summed E-state index contributed by atoms with van der Waals surface area (Å²) >= 11 is 0. The molecule has 1 saturated carbocycles. The monoisotopic (exact) mass is 160 g/mol. The lowest BCUT2D eigenvalue weighted by Gasteiger charge is -2.34. The zero-order valence-corrected chi connectivity index (χ0v) is 6.77. The lowest BCUT2D eigenvalue weighted by atomic mass is 9.79. The molecule has 0 radical (unpaired) electrons. The summed E-state index contributed by atoms with van der Waals surface area (Å²) in [5.74, 6) is 0.277. The molecule has 4 atom stereocenters. The summed E-state index contributed by atoms with van der Waals surface area (Å²) in [5, 5.41) is 27.5. The third-order valence-corrected chi connectivity index (χ3v) is 2.46. The Morgan fingerprint density at radius 2 is 1.91 bits per heavy atom. The van der Waals surface area contributed by atoms with Crippen molar-refractivity contribution in [2.45, 2.75) is 32.0 Å². The van der Waals surface area contributed by atoms with Gasteiger partial charge in [-0.2, -0.15) is 0 Å². The largest absolute Gasteiger partial charge is 0.396 e. The van der Waals surface area contributed by atoms with Crippen LogP contribution in [0.5, 0.6) is 0 Å². The van der Waals surface area contributed by atoms with E-state index in [0.717, 1.165) is 6.42 Å². The number of aliphatic hydroxyl groups excluding tert-OH is 3. The van der Waals surface area contributed by atoms with Gasteiger partial charge in [0.1, 0.15) is 0 Å². The summed E-state index contributed by atoms with van der Waals surface area (Å²) in [6, 6.07) is 0. The van der Waals surface area contributed by atoms with Crippen LogP contribution in [0.4, 0.5) is 0 Å². The molecule has 0 amide bonds. The molecule has 4 unspecified atom stereocenters. The summed E-state index contributed by atoms with van der Waals surface area (Å²) < 4.78 is 0. The maximum atomic E-state index is 9.35. The van der Waals surface area contributed by atoms with E-state index in [2.05, 4.69) is 0 Å². The van der Waals surface area contributed by atoms with Crippen LogP contribution in [-0.4, -0.2) is 34.1 Å². The van der Waals surface area contributed by atoms with Gasteiger partial charge in [0.25, 0.3) is 0 Å². The van der Waals surface area contributed by atoms with Gasteiger partial charge in [-0.3, -0.25) is 0 Å². The molecule has 1 aliphatic carbocycles. The molecule has 0 aromatic heterocycles. The Labute approximate surface area is 66.7 Å². The van der Waals surface area contributed by atoms with Crippen molar-refractivity contribution in [3.63, 3.8) is 0 Å². The van der Waals surface area contributed by atoms with Crippen LogP contribution in [0.3, 0.4) is 0 Å². The van der Waals surface area contributed by atoms with Crippen LogP contribution in [-0.2, 0) is 0 Å². The molecule has 11 heavy (non-hydrogen) atoms. The molecule has 3 N–H and O–H groups in total. The Hall–Kier alpha value is -0.120. The summed E-state index contributed by atoms with van der Waals surface area (Å²) in [4.78, 5) is 0. The molecule has 1 aliphatic rings. The van der Waals surface area contributed by atoms with Crippen LogP contribution in [0.1, 0.15) is 19.8 Å². The average molecular weight is 160 g/mol. The third-order valence-electron chi connectivity index (χ3n) is 2.46. The molecule has 0 aromatic rings. The van der Waals surface area contributed by atoms with Crippen molar-refractivity contribution in [1.82, 2.24) is 0 Å². The molecule has 0 heterocycles. The predicted molar refractivity (Wildman–Crippen MR) is 41.0 cm³/mol. The van der Waals surface area contributed by atoms with E-state index >= 15 is 0 Å². The van der Waals surface area contributed by atoms with E-state index in [-0.39, 0.29) is 12.5 Å². The van der Waals surface area contributed by atoms with Gasteiger partial charge in [-0.15, -0.1) is 0 Å². The topological polar surface area (TPSA) is 60.7 Å². The van der Waals surface area contributed by atoms with Crippen molar-refractivity contribution in [1.29, 1.82) is 0 Å². The van der Waals surface area contributed by atoms with Crippen molar-refractivity contribution < 1.29 is 15.3 Å². The second kappa shape index (κ2) is 3.52. The minimum absolute atomic E-state index is 0.0252. The van der Waals surface area contributed by atoms with Gasteiger partial charge < -0.3 is 15.3 Å². The molecule has 1 rings (SSSR count). The molecule has 0 spiro atoms. The van der Waals surface area contributed by atoms with E-state index in [0.29, 0.717) is 12.3 Å². The minimum Gasteiger partial charge on any atom is -0.396 e. The van der Waals surface area contributed by atoms with Gasteiger partial charge in [0, 0.05) is 12.5 Å². The zero-order chi connectivity index (χ0) is 8.43. The van der Waals surface area contributed by atoms with Gasteiger partial charge in [-0.1, -0.05) is 6.92 Å². The quantitative estimate of drug-likeness (QED) is 0.495. The molecule has 0 aromatic carbocycles. The Balaban J connectivity index is 2.51. The Morgan fingerprint density at radius 3 is 2.45 bits per heavy atom. The average Bonchev–Trinajstić information content (AvgIpc) is 1.96. The summed E-state index contributed by atoms with van der Waals surface area (Å²) in [6.45, 7) is 2.00.